The van der Waals surface area contributed by atoms with Gasteiger partial charge in [0.1, 0.15) is 5.69 Å². The summed E-state index contributed by atoms with van der Waals surface area (Å²) in [5.74, 6) is -1.28. The van der Waals surface area contributed by atoms with Gasteiger partial charge in [-0.25, -0.2) is 4.79 Å². The minimum atomic E-state index is -1.14. The number of carbonyl (C=O) groups is 2. The zero-order valence-electron chi connectivity index (χ0n) is 8.37. The fourth-order valence-electron chi connectivity index (χ4n) is 1.63. The smallest absolute Gasteiger partial charge is 0.353 e. The molecule has 0 unspecified atom stereocenters. The number of Topliss-reactive ketones (excluding diaryl/α,β-unsaturated/α-hetero) is 1. The van der Waals surface area contributed by atoms with Crippen LogP contribution in [0.15, 0.2) is 18.2 Å². The normalized spacial score (nSPS) is 10.6. The third kappa shape index (κ3) is 1.47. The van der Waals surface area contributed by atoms with E-state index in [4.69, 9.17) is 16.7 Å². The monoisotopic (exact) mass is 237 g/mol. The van der Waals surface area contributed by atoms with Gasteiger partial charge < -0.3 is 10.1 Å². The maximum atomic E-state index is 11.3. The van der Waals surface area contributed by atoms with E-state index in [0.29, 0.717) is 16.5 Å². The van der Waals surface area contributed by atoms with Crippen LogP contribution >= 0.6 is 11.6 Å². The summed E-state index contributed by atoms with van der Waals surface area (Å²) in [6.07, 6.45) is 0. The van der Waals surface area contributed by atoms with Crippen LogP contribution in [0.3, 0.4) is 0 Å². The van der Waals surface area contributed by atoms with E-state index in [-0.39, 0.29) is 16.5 Å². The molecule has 0 saturated heterocycles. The lowest BCUT2D eigenvalue weighted by molar-refractivity contribution is 0.0691. The number of carbonyl (C=O) groups excluding carboxylic acids is 1. The van der Waals surface area contributed by atoms with Gasteiger partial charge in [0.2, 0.25) is 0 Å². The maximum Gasteiger partial charge on any atom is 0.353 e. The summed E-state index contributed by atoms with van der Waals surface area (Å²) in [4.78, 5) is 24.9. The third-order valence-electron chi connectivity index (χ3n) is 2.36. The molecule has 0 radical (unpaired) electrons. The average molecular weight is 238 g/mol. The molecule has 0 aliphatic heterocycles. The first-order chi connectivity index (χ1) is 7.52. The molecular formula is C11H8ClNO3. The standard InChI is InChI=1S/C11H8ClNO3/c1-5(14)6-3-2-4-7-8(12)10(11(15)16)13-9(6)7/h2-4,13H,1H3,(H,15,16). The summed E-state index contributed by atoms with van der Waals surface area (Å²) in [7, 11) is 0. The van der Waals surface area contributed by atoms with E-state index < -0.39 is 5.97 Å². The molecule has 1 aromatic heterocycles. The minimum Gasteiger partial charge on any atom is -0.477 e. The lowest BCUT2D eigenvalue weighted by Gasteiger charge is -1.96. The number of H-pyrrole nitrogens is 1. The highest BCUT2D eigenvalue weighted by atomic mass is 35.5. The van der Waals surface area contributed by atoms with Crippen LogP contribution in [0, 0.1) is 0 Å². The molecule has 0 spiro atoms. The Labute approximate surface area is 95.8 Å². The van der Waals surface area contributed by atoms with Crippen LogP contribution in [-0.4, -0.2) is 21.8 Å². The number of hydrogen-bond acceptors (Lipinski definition) is 2. The molecule has 0 bridgehead atoms. The predicted octanol–water partition coefficient (Wildman–Crippen LogP) is 2.72. The first kappa shape index (κ1) is 10.7. The van der Waals surface area contributed by atoms with Gasteiger partial charge in [-0.15, -0.1) is 0 Å². The minimum absolute atomic E-state index is 0.0923. The topological polar surface area (TPSA) is 70.2 Å². The molecule has 0 fully saturated rings. The largest absolute Gasteiger partial charge is 0.477 e. The number of carboxylic acid groups (broad SMARTS) is 1. The SMILES string of the molecule is CC(=O)c1cccc2c(Cl)c(C(=O)O)[nH]c12. The molecule has 0 aliphatic carbocycles. The van der Waals surface area contributed by atoms with Crippen molar-refractivity contribution >= 4 is 34.3 Å². The van der Waals surface area contributed by atoms with Crippen molar-refractivity contribution in [3.8, 4) is 0 Å². The molecule has 0 amide bonds. The number of carboxylic acids is 1. The predicted molar refractivity (Wildman–Crippen MR) is 60.3 cm³/mol. The highest BCUT2D eigenvalue weighted by molar-refractivity contribution is 6.39. The van der Waals surface area contributed by atoms with Crippen LogP contribution in [0.1, 0.15) is 27.8 Å². The van der Waals surface area contributed by atoms with Crippen molar-refractivity contribution in [1.82, 2.24) is 4.98 Å². The van der Waals surface area contributed by atoms with E-state index in [1.54, 1.807) is 18.2 Å². The summed E-state index contributed by atoms with van der Waals surface area (Å²) in [6, 6.07) is 4.97. The van der Waals surface area contributed by atoms with E-state index in [1.165, 1.54) is 6.92 Å². The zero-order valence-corrected chi connectivity index (χ0v) is 9.13. The van der Waals surface area contributed by atoms with Crippen molar-refractivity contribution in [1.29, 1.82) is 0 Å². The summed E-state index contributed by atoms with van der Waals surface area (Å²) >= 11 is 5.91. The van der Waals surface area contributed by atoms with E-state index in [9.17, 15) is 9.59 Å². The summed E-state index contributed by atoms with van der Waals surface area (Å²) in [6.45, 7) is 1.42. The number of ketones is 1. The van der Waals surface area contributed by atoms with Gasteiger partial charge in [0.25, 0.3) is 0 Å². The van der Waals surface area contributed by atoms with Crippen molar-refractivity contribution in [2.75, 3.05) is 0 Å². The van der Waals surface area contributed by atoms with E-state index >= 15 is 0 Å². The Morgan fingerprint density at radius 3 is 2.62 bits per heavy atom. The molecule has 4 nitrogen and oxygen atoms in total. The Balaban J connectivity index is 2.85. The van der Waals surface area contributed by atoms with Gasteiger partial charge >= 0.3 is 5.97 Å². The molecule has 2 rings (SSSR count). The van der Waals surface area contributed by atoms with Crippen LogP contribution < -0.4 is 0 Å². The zero-order chi connectivity index (χ0) is 11.9. The van der Waals surface area contributed by atoms with Crippen LogP contribution in [0.2, 0.25) is 5.02 Å². The van der Waals surface area contributed by atoms with Crippen LogP contribution in [-0.2, 0) is 0 Å². The average Bonchev–Trinajstić information content (AvgIpc) is 2.56. The van der Waals surface area contributed by atoms with Crippen LogP contribution in [0.4, 0.5) is 0 Å². The van der Waals surface area contributed by atoms with Gasteiger partial charge in [-0.2, -0.15) is 0 Å². The molecule has 1 aromatic carbocycles. The molecule has 1 heterocycles. The second-order valence-corrected chi connectivity index (χ2v) is 3.78. The molecule has 0 aliphatic rings. The molecular weight excluding hydrogens is 230 g/mol. The van der Waals surface area contributed by atoms with Crippen LogP contribution in [0.25, 0.3) is 10.9 Å². The second kappa shape index (κ2) is 3.64. The number of benzene rings is 1. The first-order valence-electron chi connectivity index (χ1n) is 4.56. The van der Waals surface area contributed by atoms with E-state index in [2.05, 4.69) is 4.98 Å². The van der Waals surface area contributed by atoms with Gasteiger partial charge in [-0.1, -0.05) is 23.7 Å². The highest BCUT2D eigenvalue weighted by Gasteiger charge is 2.17. The molecule has 0 saturated carbocycles. The Morgan fingerprint density at radius 1 is 1.38 bits per heavy atom. The van der Waals surface area contributed by atoms with Crippen molar-refractivity contribution in [2.24, 2.45) is 0 Å². The number of aromatic nitrogens is 1. The number of halogens is 1. The van der Waals surface area contributed by atoms with Gasteiger partial charge in [0.15, 0.2) is 5.78 Å². The van der Waals surface area contributed by atoms with Crippen molar-refractivity contribution in [2.45, 2.75) is 6.92 Å². The van der Waals surface area contributed by atoms with Gasteiger partial charge in [0.05, 0.1) is 10.5 Å². The fourth-order valence-corrected chi connectivity index (χ4v) is 1.91. The van der Waals surface area contributed by atoms with Crippen molar-refractivity contribution < 1.29 is 14.7 Å². The summed E-state index contributed by atoms with van der Waals surface area (Å²) in [5.41, 5.74) is 0.815. The number of fused-ring (bicyclic) bond motifs is 1. The third-order valence-corrected chi connectivity index (χ3v) is 2.76. The lowest BCUT2D eigenvalue weighted by atomic mass is 10.1. The number of aromatic carboxylic acids is 1. The number of aromatic amines is 1. The number of hydrogen-bond donors (Lipinski definition) is 2. The Bertz CT molecular complexity index is 601. The van der Waals surface area contributed by atoms with Crippen LogP contribution in [0.5, 0.6) is 0 Å². The first-order valence-corrected chi connectivity index (χ1v) is 4.94. The second-order valence-electron chi connectivity index (χ2n) is 3.40. The molecule has 5 heteroatoms. The molecule has 0 atom stereocenters. The van der Waals surface area contributed by atoms with Crippen molar-refractivity contribution in [3.05, 3.63) is 34.5 Å². The Morgan fingerprint density at radius 2 is 2.06 bits per heavy atom. The van der Waals surface area contributed by atoms with E-state index in [0.717, 1.165) is 0 Å². The Hall–Kier alpha value is -1.81. The molecule has 2 N–H and O–H groups in total. The van der Waals surface area contributed by atoms with Gasteiger partial charge in [0, 0.05) is 10.9 Å². The summed E-state index contributed by atoms with van der Waals surface area (Å²) < 4.78 is 0. The van der Waals surface area contributed by atoms with Gasteiger partial charge in [-0.05, 0) is 13.0 Å². The number of rotatable bonds is 2. The van der Waals surface area contributed by atoms with Gasteiger partial charge in [-0.3, -0.25) is 4.79 Å². The lowest BCUT2D eigenvalue weighted by Crippen LogP contribution is -1.97. The molecule has 2 aromatic rings. The maximum absolute atomic E-state index is 11.3. The molecule has 82 valence electrons. The van der Waals surface area contributed by atoms with E-state index in [1.807, 2.05) is 0 Å². The number of para-hydroxylation sites is 1. The highest BCUT2D eigenvalue weighted by Crippen LogP contribution is 2.29. The fraction of sp³-hybridized carbons (Fsp3) is 0.0909. The quantitative estimate of drug-likeness (QED) is 0.789. The van der Waals surface area contributed by atoms with Crippen molar-refractivity contribution in [3.63, 3.8) is 0 Å². The Kier molecular flexibility index (Phi) is 2.44. The number of nitrogens with one attached hydrogen (secondary N) is 1. The molecule has 16 heavy (non-hydrogen) atoms. The summed E-state index contributed by atoms with van der Waals surface area (Å²) in [5, 5.41) is 9.57.